The number of aryl methyl sites for hydroxylation is 1. The predicted molar refractivity (Wildman–Crippen MR) is 158 cm³/mol. The minimum absolute atomic E-state index is 0.278. The zero-order chi connectivity index (χ0) is 30.4. The fourth-order valence-corrected chi connectivity index (χ4v) is 5.91. The van der Waals surface area contributed by atoms with Crippen molar-refractivity contribution in [2.75, 3.05) is 19.2 Å². The Bertz CT molecular complexity index is 1580. The number of rotatable bonds is 13. The standard InChI is InChI=1S/C28H36N7O6P/c1-17(2)40-28(36)20(5)34-42(37,16-39-19(4)13-35-15-32-25-26(29)30-14-31-27(25)35)41-22-10-8-21(9-11-22)24-18(3)7-12-23(33-24)38-6/h7-12,14-15,17,19-20H,13,16H2,1-6H3,(H,34,37)(H2,29,30,31)/t19-,20+,42?/m1/s1. The van der Waals surface area contributed by atoms with Crippen molar-refractivity contribution in [1.82, 2.24) is 29.6 Å². The van der Waals surface area contributed by atoms with Gasteiger partial charge < -0.3 is 29.0 Å². The second-order valence-corrected chi connectivity index (χ2v) is 12.1. The van der Waals surface area contributed by atoms with E-state index in [0.29, 0.717) is 29.3 Å². The number of imidazole rings is 1. The quantitative estimate of drug-likeness (QED) is 0.165. The van der Waals surface area contributed by atoms with Crippen LogP contribution < -0.4 is 20.1 Å². The number of nitrogens with two attached hydrogens (primary N) is 1. The van der Waals surface area contributed by atoms with Gasteiger partial charge in [-0.1, -0.05) is 6.07 Å². The Hall–Kier alpha value is -4.06. The van der Waals surface area contributed by atoms with Gasteiger partial charge in [0.15, 0.2) is 11.5 Å². The first-order valence-electron chi connectivity index (χ1n) is 13.4. The molecule has 0 saturated heterocycles. The average Bonchev–Trinajstić information content (AvgIpc) is 3.36. The molecule has 1 aromatic carbocycles. The summed E-state index contributed by atoms with van der Waals surface area (Å²) < 4.78 is 38.4. The molecule has 1 unspecified atom stereocenters. The zero-order valence-corrected chi connectivity index (χ0v) is 25.4. The number of benzene rings is 1. The third-order valence-electron chi connectivity index (χ3n) is 6.17. The molecule has 3 atom stereocenters. The summed E-state index contributed by atoms with van der Waals surface area (Å²) >= 11 is 0. The number of nitrogen functional groups attached to an aromatic ring is 1. The van der Waals surface area contributed by atoms with Crippen LogP contribution in [0.3, 0.4) is 0 Å². The van der Waals surface area contributed by atoms with Crippen molar-refractivity contribution in [3.8, 4) is 22.9 Å². The Morgan fingerprint density at radius 1 is 1.07 bits per heavy atom. The largest absolute Gasteiger partial charge is 0.481 e. The topological polar surface area (TPSA) is 166 Å². The summed E-state index contributed by atoms with van der Waals surface area (Å²) in [6.07, 6.45) is 1.87. The van der Waals surface area contributed by atoms with Crippen molar-refractivity contribution in [2.45, 2.75) is 59.4 Å². The van der Waals surface area contributed by atoms with E-state index in [1.165, 1.54) is 6.33 Å². The molecule has 0 fully saturated rings. The molecule has 3 N–H and O–H groups in total. The SMILES string of the molecule is COc1ccc(C)c(-c2ccc(OP(=O)(CO[C@H](C)Cn3cnc4c(N)ncnc43)N[C@@H](C)C(=O)OC(C)C)cc2)n1. The van der Waals surface area contributed by atoms with Crippen LogP contribution in [0, 0.1) is 6.92 Å². The van der Waals surface area contributed by atoms with E-state index in [-0.39, 0.29) is 18.3 Å². The number of pyridine rings is 1. The highest BCUT2D eigenvalue weighted by atomic mass is 31.2. The summed E-state index contributed by atoms with van der Waals surface area (Å²) in [4.78, 5) is 29.5. The number of carbonyl (C=O) groups is 1. The van der Waals surface area contributed by atoms with E-state index in [9.17, 15) is 9.36 Å². The summed E-state index contributed by atoms with van der Waals surface area (Å²) in [6, 6.07) is 9.80. The van der Waals surface area contributed by atoms with Crippen LogP contribution in [0.4, 0.5) is 5.82 Å². The van der Waals surface area contributed by atoms with Gasteiger partial charge in [0.1, 0.15) is 30.0 Å². The molecule has 4 rings (SSSR count). The molecule has 0 radical (unpaired) electrons. The summed E-state index contributed by atoms with van der Waals surface area (Å²) in [5.41, 5.74) is 9.48. The monoisotopic (exact) mass is 597 g/mol. The summed E-state index contributed by atoms with van der Waals surface area (Å²) in [6.45, 7) is 9.16. The summed E-state index contributed by atoms with van der Waals surface area (Å²) in [5, 5.41) is 2.82. The van der Waals surface area contributed by atoms with E-state index in [1.807, 2.05) is 32.0 Å². The van der Waals surface area contributed by atoms with E-state index < -0.39 is 25.6 Å². The molecule has 42 heavy (non-hydrogen) atoms. The number of esters is 1. The lowest BCUT2D eigenvalue weighted by Gasteiger charge is -2.25. The average molecular weight is 598 g/mol. The number of carbonyl (C=O) groups excluding carboxylic acids is 1. The molecule has 0 aliphatic heterocycles. The summed E-state index contributed by atoms with van der Waals surface area (Å²) in [5.74, 6) is 0.542. The number of hydrogen-bond donors (Lipinski definition) is 2. The fraction of sp³-hybridized carbons (Fsp3) is 0.393. The molecule has 14 heteroatoms. The Kier molecular flexibility index (Phi) is 9.77. The lowest BCUT2D eigenvalue weighted by molar-refractivity contribution is -0.149. The highest BCUT2D eigenvalue weighted by Crippen LogP contribution is 2.44. The molecule has 0 spiro atoms. The third kappa shape index (κ3) is 7.61. The van der Waals surface area contributed by atoms with Gasteiger partial charge in [-0.15, -0.1) is 0 Å². The van der Waals surface area contributed by atoms with Gasteiger partial charge in [-0.3, -0.25) is 9.36 Å². The molecule has 13 nitrogen and oxygen atoms in total. The fourth-order valence-electron chi connectivity index (χ4n) is 4.12. The minimum atomic E-state index is -3.78. The molecule has 0 bridgehead atoms. The molecule has 224 valence electrons. The smallest absolute Gasteiger partial charge is 0.342 e. The number of ether oxygens (including phenoxy) is 3. The number of hydrogen-bond acceptors (Lipinski definition) is 11. The number of aromatic nitrogens is 5. The first-order chi connectivity index (χ1) is 20.0. The lowest BCUT2D eigenvalue weighted by atomic mass is 10.1. The van der Waals surface area contributed by atoms with Crippen molar-refractivity contribution in [1.29, 1.82) is 0 Å². The van der Waals surface area contributed by atoms with Gasteiger partial charge in [-0.2, -0.15) is 0 Å². The molecular weight excluding hydrogens is 561 g/mol. The van der Waals surface area contributed by atoms with E-state index in [1.54, 1.807) is 57.0 Å². The van der Waals surface area contributed by atoms with Gasteiger partial charge in [0.25, 0.3) is 0 Å². The Labute approximate surface area is 244 Å². The van der Waals surface area contributed by atoms with Gasteiger partial charge in [-0.05, 0) is 64.4 Å². The molecule has 4 aromatic rings. The zero-order valence-electron chi connectivity index (χ0n) is 24.5. The first kappa shape index (κ1) is 30.9. The minimum Gasteiger partial charge on any atom is -0.481 e. The van der Waals surface area contributed by atoms with Gasteiger partial charge in [0.05, 0.1) is 37.9 Å². The second-order valence-electron chi connectivity index (χ2n) is 10.1. The first-order valence-corrected chi connectivity index (χ1v) is 15.2. The Morgan fingerprint density at radius 2 is 1.81 bits per heavy atom. The van der Waals surface area contributed by atoms with Crippen molar-refractivity contribution in [2.24, 2.45) is 0 Å². The van der Waals surface area contributed by atoms with Crippen molar-refractivity contribution in [3.05, 3.63) is 54.6 Å². The number of nitrogens with one attached hydrogen (secondary N) is 1. The Balaban J connectivity index is 1.51. The molecule has 0 amide bonds. The molecule has 3 aromatic heterocycles. The Morgan fingerprint density at radius 3 is 2.50 bits per heavy atom. The maximum absolute atomic E-state index is 14.1. The van der Waals surface area contributed by atoms with Crippen molar-refractivity contribution in [3.63, 3.8) is 0 Å². The maximum atomic E-state index is 14.1. The highest BCUT2D eigenvalue weighted by molar-refractivity contribution is 7.57. The van der Waals surface area contributed by atoms with Crippen LogP contribution in [-0.4, -0.2) is 62.2 Å². The molecule has 3 heterocycles. The van der Waals surface area contributed by atoms with Gasteiger partial charge >= 0.3 is 13.5 Å². The molecule has 0 saturated carbocycles. The predicted octanol–water partition coefficient (Wildman–Crippen LogP) is 4.35. The number of fused-ring (bicyclic) bond motifs is 1. The lowest BCUT2D eigenvalue weighted by Crippen LogP contribution is -2.37. The number of methoxy groups -OCH3 is 1. The number of nitrogens with zero attached hydrogens (tertiary/aromatic N) is 5. The van der Waals surface area contributed by atoms with Crippen LogP contribution in [-0.2, 0) is 25.4 Å². The van der Waals surface area contributed by atoms with E-state index in [4.69, 9.17) is 24.5 Å². The molecule has 0 aliphatic rings. The van der Waals surface area contributed by atoms with Gasteiger partial charge in [0, 0.05) is 11.6 Å². The van der Waals surface area contributed by atoms with Crippen molar-refractivity contribution >= 4 is 30.5 Å². The molecular formula is C28H36N7O6P. The molecule has 0 aliphatic carbocycles. The summed E-state index contributed by atoms with van der Waals surface area (Å²) in [7, 11) is -2.22. The van der Waals surface area contributed by atoms with Crippen LogP contribution >= 0.6 is 7.52 Å². The second kappa shape index (κ2) is 13.3. The van der Waals surface area contributed by atoms with E-state index in [2.05, 4.69) is 25.0 Å². The van der Waals surface area contributed by atoms with Crippen LogP contribution in [0.15, 0.2) is 49.1 Å². The third-order valence-corrected chi connectivity index (χ3v) is 7.94. The van der Waals surface area contributed by atoms with Crippen LogP contribution in [0.1, 0.15) is 33.3 Å². The van der Waals surface area contributed by atoms with Crippen LogP contribution in [0.2, 0.25) is 0 Å². The number of anilines is 1. The van der Waals surface area contributed by atoms with E-state index >= 15 is 0 Å². The van der Waals surface area contributed by atoms with Gasteiger partial charge in [-0.25, -0.2) is 25.0 Å². The highest BCUT2D eigenvalue weighted by Gasteiger charge is 2.32. The van der Waals surface area contributed by atoms with Gasteiger partial charge in [0.2, 0.25) is 5.88 Å². The van der Waals surface area contributed by atoms with Crippen molar-refractivity contribution < 1.29 is 28.1 Å². The van der Waals surface area contributed by atoms with E-state index in [0.717, 1.165) is 16.8 Å². The normalized spacial score (nSPS) is 14.4. The van der Waals surface area contributed by atoms with Crippen LogP contribution in [0.5, 0.6) is 11.6 Å². The van der Waals surface area contributed by atoms with Crippen LogP contribution in [0.25, 0.3) is 22.4 Å². The maximum Gasteiger partial charge on any atom is 0.342 e.